The number of methoxy groups -OCH3 is 1. The van der Waals surface area contributed by atoms with E-state index in [1.807, 2.05) is 0 Å². The predicted octanol–water partition coefficient (Wildman–Crippen LogP) is 4.81. The molecule has 15 nitrogen and oxygen atoms in total. The highest BCUT2D eigenvalue weighted by molar-refractivity contribution is 5.83. The number of carbonyl (C=O) groups is 4. The summed E-state index contributed by atoms with van der Waals surface area (Å²) in [4.78, 5) is 52.0. The van der Waals surface area contributed by atoms with E-state index in [0.29, 0.717) is 25.7 Å². The van der Waals surface area contributed by atoms with Crippen LogP contribution in [-0.2, 0) is 57.1 Å². The van der Waals surface area contributed by atoms with E-state index < -0.39 is 84.6 Å². The third-order valence-corrected chi connectivity index (χ3v) is 11.2. The van der Waals surface area contributed by atoms with Crippen molar-refractivity contribution < 1.29 is 72.4 Å². The van der Waals surface area contributed by atoms with Crippen molar-refractivity contribution in [1.29, 1.82) is 0 Å². The van der Waals surface area contributed by atoms with Crippen LogP contribution in [-0.4, -0.2) is 120 Å². The molecular formula is C43H66O15. The van der Waals surface area contributed by atoms with Gasteiger partial charge in [0.25, 0.3) is 0 Å². The number of aliphatic hydroxyl groups excluding tert-OH is 2. The first-order chi connectivity index (χ1) is 27.7. The van der Waals surface area contributed by atoms with E-state index in [2.05, 4.69) is 13.5 Å². The van der Waals surface area contributed by atoms with Crippen LogP contribution in [0.15, 0.2) is 36.5 Å². The molecule has 3 N–H and O–H groups in total. The number of rotatable bonds is 13. The van der Waals surface area contributed by atoms with Crippen LogP contribution in [0.5, 0.6) is 0 Å². The van der Waals surface area contributed by atoms with Crippen molar-refractivity contribution in [1.82, 2.24) is 0 Å². The molecule has 0 aromatic heterocycles. The topological polar surface area (TPSA) is 203 Å². The molecule has 0 aromatic rings. The molecule has 0 spiro atoms. The average molecular weight is 823 g/mol. The fraction of sp³-hybridized carbons (Fsp3) is 0.767. The van der Waals surface area contributed by atoms with Crippen LogP contribution in [0.1, 0.15) is 124 Å². The summed E-state index contributed by atoms with van der Waals surface area (Å²) in [5.74, 6) is -4.90. The summed E-state index contributed by atoms with van der Waals surface area (Å²) in [7, 11) is 1.20. The second-order valence-corrected chi connectivity index (χ2v) is 16.5. The van der Waals surface area contributed by atoms with Crippen LogP contribution in [0, 0.1) is 5.41 Å². The van der Waals surface area contributed by atoms with Crippen molar-refractivity contribution in [3.63, 3.8) is 0 Å². The quantitative estimate of drug-likeness (QED) is 0.0750. The smallest absolute Gasteiger partial charge is 0.330 e. The molecule has 0 aromatic carbocycles. The van der Waals surface area contributed by atoms with Crippen LogP contribution in [0.3, 0.4) is 0 Å². The van der Waals surface area contributed by atoms with E-state index in [1.165, 1.54) is 13.2 Å². The lowest BCUT2D eigenvalue weighted by Crippen LogP contribution is -2.62. The first-order valence-electron chi connectivity index (χ1n) is 21.0. The number of hydrogen-bond acceptors (Lipinski definition) is 15. The highest BCUT2D eigenvalue weighted by atomic mass is 16.7. The van der Waals surface area contributed by atoms with Crippen molar-refractivity contribution in [2.75, 3.05) is 20.3 Å². The Bertz CT molecular complexity index is 1430. The second kappa shape index (κ2) is 23.0. The summed E-state index contributed by atoms with van der Waals surface area (Å²) >= 11 is 0. The maximum absolute atomic E-state index is 13.4. The Morgan fingerprint density at radius 2 is 1.66 bits per heavy atom. The third-order valence-electron chi connectivity index (χ3n) is 11.2. The lowest BCUT2D eigenvalue weighted by Gasteiger charge is -2.51. The van der Waals surface area contributed by atoms with Gasteiger partial charge in [0.05, 0.1) is 63.2 Å². The molecule has 3 saturated heterocycles. The summed E-state index contributed by atoms with van der Waals surface area (Å²) in [6.45, 7) is 8.47. The van der Waals surface area contributed by atoms with Gasteiger partial charge in [0.15, 0.2) is 12.4 Å². The molecule has 0 saturated carbocycles. The minimum Gasteiger partial charge on any atom is -0.466 e. The van der Waals surface area contributed by atoms with E-state index >= 15 is 0 Å². The lowest BCUT2D eigenvalue weighted by molar-refractivity contribution is -0.327. The molecule has 328 valence electrons. The molecule has 15 heteroatoms. The number of carbonyl (C=O) groups excluding carboxylic acids is 4. The van der Waals surface area contributed by atoms with Gasteiger partial charge in [-0.2, -0.15) is 0 Å². The number of esters is 4. The van der Waals surface area contributed by atoms with Crippen LogP contribution in [0.4, 0.5) is 0 Å². The number of ether oxygens (including phenoxy) is 8. The van der Waals surface area contributed by atoms with Crippen molar-refractivity contribution in [3.05, 3.63) is 36.5 Å². The SMILES string of the molecule is C=CCOC(=O)C[C@H]1CC2CC3CCC[C@@H](C[C@@H](O)CC(=O)O[C@@H](CO)C[C@@H]4C/C(=C\C(=O)OC)[C@H](OC(=O)CCCCCCC)[C@@](O)(O4)C(C)(C)/C=C/[C@H](O2)O1)O3. The van der Waals surface area contributed by atoms with Crippen LogP contribution >= 0.6 is 0 Å². The standard InChI is InChI=1S/C43H66O15/c1-6-8-9-10-11-15-36(46)57-41-28(20-37(47)51-5)19-34-25-35(27-44)54-39(49)22-29(45)21-30-13-12-14-31(53-30)23-32-24-33(26-38(48)52-18-7-2)56-40(55-32)16-17-42(3,4)43(41,50)58-34/h7,16-17,20,29-35,40-41,44-45,50H,2,6,8-15,18-19,21-27H2,1,3-5H3/b17-16+,28-20+/t29-,30+,31?,32?,33-,34+,35-,40-,41+,43-/m1/s1. The summed E-state index contributed by atoms with van der Waals surface area (Å²) in [6, 6.07) is 0. The monoisotopic (exact) mass is 822 g/mol. The zero-order chi connectivity index (χ0) is 42.3. The zero-order valence-electron chi connectivity index (χ0n) is 34.7. The molecule has 4 aliphatic rings. The van der Waals surface area contributed by atoms with E-state index in [1.54, 1.807) is 26.0 Å². The lowest BCUT2D eigenvalue weighted by atomic mass is 9.74. The fourth-order valence-corrected chi connectivity index (χ4v) is 8.08. The van der Waals surface area contributed by atoms with Gasteiger partial charge in [-0.3, -0.25) is 14.4 Å². The third kappa shape index (κ3) is 14.2. The number of aliphatic hydroxyl groups is 3. The highest BCUT2D eigenvalue weighted by Crippen LogP contribution is 2.47. The number of fused-ring (bicyclic) bond motifs is 6. The number of unbranched alkanes of at least 4 members (excludes halogenated alkanes) is 4. The van der Waals surface area contributed by atoms with E-state index in [-0.39, 0.29) is 62.9 Å². The van der Waals surface area contributed by atoms with Crippen molar-refractivity contribution >= 4 is 23.9 Å². The van der Waals surface area contributed by atoms with Gasteiger partial charge in [-0.25, -0.2) is 4.79 Å². The van der Waals surface area contributed by atoms with Gasteiger partial charge in [-0.05, 0) is 43.8 Å². The van der Waals surface area contributed by atoms with Gasteiger partial charge in [-0.15, -0.1) is 0 Å². The van der Waals surface area contributed by atoms with Crippen molar-refractivity contribution in [3.8, 4) is 0 Å². The Hall–Kier alpha value is -3.18. The Balaban J connectivity index is 1.74. The molecule has 4 rings (SSSR count). The molecule has 0 aliphatic carbocycles. The summed E-state index contributed by atoms with van der Waals surface area (Å²) < 4.78 is 47.3. The predicted molar refractivity (Wildman–Crippen MR) is 209 cm³/mol. The Morgan fingerprint density at radius 3 is 2.36 bits per heavy atom. The Kier molecular flexibility index (Phi) is 18.8. The Labute approximate surface area is 342 Å². The summed E-state index contributed by atoms with van der Waals surface area (Å²) in [5, 5.41) is 34.0. The van der Waals surface area contributed by atoms with E-state index in [0.717, 1.165) is 44.6 Å². The second-order valence-electron chi connectivity index (χ2n) is 16.5. The summed E-state index contributed by atoms with van der Waals surface area (Å²) in [6.07, 6.45) is 5.95. The van der Waals surface area contributed by atoms with Gasteiger partial charge in [0, 0.05) is 43.6 Å². The zero-order valence-corrected chi connectivity index (χ0v) is 34.7. The van der Waals surface area contributed by atoms with Crippen LogP contribution in [0.2, 0.25) is 0 Å². The Morgan fingerprint density at radius 1 is 0.931 bits per heavy atom. The van der Waals surface area contributed by atoms with Crippen molar-refractivity contribution in [2.45, 2.75) is 184 Å². The van der Waals surface area contributed by atoms with Crippen LogP contribution in [0.25, 0.3) is 0 Å². The summed E-state index contributed by atoms with van der Waals surface area (Å²) in [5.41, 5.74) is -1.22. The highest BCUT2D eigenvalue weighted by Gasteiger charge is 2.57. The van der Waals surface area contributed by atoms with Crippen molar-refractivity contribution in [2.24, 2.45) is 5.41 Å². The normalized spacial score (nSPS) is 34.5. The van der Waals surface area contributed by atoms with Gasteiger partial charge < -0.3 is 53.2 Å². The molecule has 58 heavy (non-hydrogen) atoms. The minimum absolute atomic E-state index is 0.0449. The first-order valence-corrected chi connectivity index (χ1v) is 21.0. The minimum atomic E-state index is -2.35. The molecular weight excluding hydrogens is 756 g/mol. The average Bonchev–Trinajstić information content (AvgIpc) is 3.16. The number of hydrogen-bond donors (Lipinski definition) is 3. The molecule has 4 heterocycles. The van der Waals surface area contributed by atoms with Crippen LogP contribution < -0.4 is 0 Å². The molecule has 0 radical (unpaired) electrons. The first kappa shape index (κ1) is 47.5. The molecule has 0 amide bonds. The molecule has 10 atom stereocenters. The molecule has 4 aliphatic heterocycles. The van der Waals surface area contributed by atoms with E-state index in [9.17, 15) is 34.5 Å². The van der Waals surface area contributed by atoms with Gasteiger partial charge >= 0.3 is 23.9 Å². The van der Waals surface area contributed by atoms with E-state index in [4.69, 9.17) is 37.9 Å². The molecule has 3 fully saturated rings. The largest absolute Gasteiger partial charge is 0.466 e. The van der Waals surface area contributed by atoms with Gasteiger partial charge in [0.2, 0.25) is 5.79 Å². The maximum Gasteiger partial charge on any atom is 0.330 e. The van der Waals surface area contributed by atoms with Gasteiger partial charge in [0.1, 0.15) is 12.7 Å². The number of cyclic esters (lactones) is 1. The fourth-order valence-electron chi connectivity index (χ4n) is 8.08. The maximum atomic E-state index is 13.4. The molecule has 2 unspecified atom stereocenters. The molecule has 6 bridgehead atoms. The van der Waals surface area contributed by atoms with Gasteiger partial charge in [-0.1, -0.05) is 65.2 Å².